The van der Waals surface area contributed by atoms with Crippen LogP contribution in [0, 0.1) is 0 Å². The number of alkyl halides is 1. The highest BCUT2D eigenvalue weighted by Crippen LogP contribution is 2.19. The lowest BCUT2D eigenvalue weighted by molar-refractivity contribution is -0.155. The fourth-order valence-corrected chi connectivity index (χ4v) is 2.64. The first-order chi connectivity index (χ1) is 11.1. The van der Waals surface area contributed by atoms with Crippen LogP contribution in [0.25, 0.3) is 0 Å². The van der Waals surface area contributed by atoms with Crippen LogP contribution in [0.1, 0.15) is 40.0 Å². The summed E-state index contributed by atoms with van der Waals surface area (Å²) in [6, 6.07) is -0.626. The molecule has 1 aliphatic rings. The van der Waals surface area contributed by atoms with E-state index in [0.717, 1.165) is 6.42 Å². The summed E-state index contributed by atoms with van der Waals surface area (Å²) in [7, 11) is 0. The number of amides is 2. The van der Waals surface area contributed by atoms with Gasteiger partial charge in [-0.2, -0.15) is 0 Å². The maximum atomic E-state index is 12.0. The van der Waals surface area contributed by atoms with Gasteiger partial charge in [-0.1, -0.05) is 11.6 Å². The molecular formula is C15H25ClN2O6. The molecule has 0 spiro atoms. The average Bonchev–Trinajstić information content (AvgIpc) is 2.90. The minimum atomic E-state index is -1.02. The number of carboxylic acid groups (broad SMARTS) is 1. The zero-order valence-electron chi connectivity index (χ0n) is 14.3. The second-order valence-corrected chi connectivity index (χ2v) is 6.79. The van der Waals surface area contributed by atoms with Gasteiger partial charge in [-0.05, 0) is 33.6 Å². The van der Waals surface area contributed by atoms with Gasteiger partial charge in [-0.25, -0.2) is 9.59 Å². The predicted molar refractivity (Wildman–Crippen MR) is 87.0 cm³/mol. The van der Waals surface area contributed by atoms with Crippen LogP contribution >= 0.6 is 11.6 Å². The fourth-order valence-electron chi connectivity index (χ4n) is 2.55. The summed E-state index contributed by atoms with van der Waals surface area (Å²) in [5, 5.41) is 9.18. The quantitative estimate of drug-likeness (QED) is 0.574. The second-order valence-electron chi connectivity index (χ2n) is 6.57. The Morgan fingerprint density at radius 2 is 2.00 bits per heavy atom. The van der Waals surface area contributed by atoms with Crippen molar-refractivity contribution >= 4 is 29.8 Å². The van der Waals surface area contributed by atoms with Crippen molar-refractivity contribution in [3.63, 3.8) is 0 Å². The van der Waals surface area contributed by atoms with E-state index in [-0.39, 0.29) is 31.6 Å². The largest absolute Gasteiger partial charge is 0.465 e. The maximum Gasteiger partial charge on any atom is 0.411 e. The Balaban J connectivity index is 2.65. The maximum absolute atomic E-state index is 12.0. The van der Waals surface area contributed by atoms with E-state index in [9.17, 15) is 19.5 Å². The van der Waals surface area contributed by atoms with E-state index in [1.807, 2.05) is 0 Å². The standard InChI is InChI=1S/C15H25ClN2O6/c1-15(2,3)24-12(19)6-8-17(14(22)23-10-16)9-11-5-4-7-18(11)13(20)21/h11H,4-10H2,1-3H3,(H,20,21)/t11-/m0/s1. The van der Waals surface area contributed by atoms with Crippen LogP contribution in [-0.2, 0) is 14.3 Å². The Morgan fingerprint density at radius 3 is 2.54 bits per heavy atom. The van der Waals surface area contributed by atoms with Crippen molar-refractivity contribution in [1.29, 1.82) is 0 Å². The van der Waals surface area contributed by atoms with Crippen molar-refractivity contribution in [2.45, 2.75) is 51.7 Å². The fraction of sp³-hybridized carbons (Fsp3) is 0.800. The number of hydrogen-bond acceptors (Lipinski definition) is 5. The normalized spacial score (nSPS) is 17.5. The average molecular weight is 365 g/mol. The molecule has 0 saturated carbocycles. The molecule has 1 saturated heterocycles. The summed E-state index contributed by atoms with van der Waals surface area (Å²) in [6.07, 6.45) is -0.305. The topological polar surface area (TPSA) is 96.4 Å². The van der Waals surface area contributed by atoms with Crippen molar-refractivity contribution in [2.24, 2.45) is 0 Å². The molecule has 2 amide bonds. The van der Waals surface area contributed by atoms with Crippen molar-refractivity contribution in [3.8, 4) is 0 Å². The van der Waals surface area contributed by atoms with Gasteiger partial charge in [0.2, 0.25) is 0 Å². The molecule has 1 heterocycles. The molecule has 9 heteroatoms. The zero-order valence-corrected chi connectivity index (χ0v) is 15.0. The molecule has 1 atom stereocenters. The minimum absolute atomic E-state index is 0.00551. The number of halogens is 1. The zero-order chi connectivity index (χ0) is 18.3. The highest BCUT2D eigenvalue weighted by Gasteiger charge is 2.32. The lowest BCUT2D eigenvalue weighted by Crippen LogP contribution is -2.45. The molecule has 0 unspecified atom stereocenters. The van der Waals surface area contributed by atoms with Crippen LogP contribution in [0.3, 0.4) is 0 Å². The summed E-state index contributed by atoms with van der Waals surface area (Å²) in [5.41, 5.74) is -0.607. The smallest absolute Gasteiger partial charge is 0.411 e. The van der Waals surface area contributed by atoms with Gasteiger partial charge in [0.05, 0.1) is 12.5 Å². The van der Waals surface area contributed by atoms with E-state index in [1.54, 1.807) is 20.8 Å². The first-order valence-corrected chi connectivity index (χ1v) is 8.36. The van der Waals surface area contributed by atoms with E-state index in [1.165, 1.54) is 9.80 Å². The molecule has 0 radical (unpaired) electrons. The molecule has 1 N–H and O–H groups in total. The van der Waals surface area contributed by atoms with Gasteiger partial charge in [0, 0.05) is 19.6 Å². The number of nitrogens with zero attached hydrogens (tertiary/aromatic N) is 2. The van der Waals surface area contributed by atoms with Gasteiger partial charge >= 0.3 is 18.2 Å². The minimum Gasteiger partial charge on any atom is -0.465 e. The molecule has 0 aromatic heterocycles. The van der Waals surface area contributed by atoms with Gasteiger partial charge in [0.15, 0.2) is 6.07 Å². The van der Waals surface area contributed by atoms with Crippen LogP contribution < -0.4 is 0 Å². The Labute approximate surface area is 146 Å². The Kier molecular flexibility index (Phi) is 7.59. The third kappa shape index (κ3) is 6.82. The van der Waals surface area contributed by atoms with Crippen LogP contribution in [0.2, 0.25) is 0 Å². The van der Waals surface area contributed by atoms with E-state index >= 15 is 0 Å². The summed E-state index contributed by atoms with van der Waals surface area (Å²) in [5.74, 6) is -0.437. The van der Waals surface area contributed by atoms with Crippen LogP contribution in [0.15, 0.2) is 0 Å². The van der Waals surface area contributed by atoms with Crippen LogP contribution in [0.5, 0.6) is 0 Å². The van der Waals surface area contributed by atoms with Gasteiger partial charge in [0.1, 0.15) is 5.60 Å². The molecule has 8 nitrogen and oxygen atoms in total. The van der Waals surface area contributed by atoms with Gasteiger partial charge in [0.25, 0.3) is 0 Å². The monoisotopic (exact) mass is 364 g/mol. The molecule has 0 aliphatic carbocycles. The lowest BCUT2D eigenvalue weighted by atomic mass is 10.2. The lowest BCUT2D eigenvalue weighted by Gasteiger charge is -2.29. The molecule has 1 rings (SSSR count). The summed E-state index contributed by atoms with van der Waals surface area (Å²) < 4.78 is 9.99. The van der Waals surface area contributed by atoms with Crippen molar-refractivity contribution in [1.82, 2.24) is 9.80 Å². The number of hydrogen-bond donors (Lipinski definition) is 1. The molecule has 138 valence electrons. The summed E-state index contributed by atoms with van der Waals surface area (Å²) >= 11 is 5.42. The van der Waals surface area contributed by atoms with Crippen molar-refractivity contribution < 1.29 is 29.0 Å². The third-order valence-electron chi connectivity index (χ3n) is 3.50. The molecule has 0 aromatic carbocycles. The van der Waals surface area contributed by atoms with Crippen LogP contribution in [0.4, 0.5) is 9.59 Å². The third-order valence-corrected chi connectivity index (χ3v) is 3.61. The van der Waals surface area contributed by atoms with E-state index in [2.05, 4.69) is 0 Å². The van der Waals surface area contributed by atoms with E-state index in [0.29, 0.717) is 13.0 Å². The molecule has 0 aromatic rings. The number of ether oxygens (including phenoxy) is 2. The van der Waals surface area contributed by atoms with Gasteiger partial charge in [-0.3, -0.25) is 4.79 Å². The Bertz CT molecular complexity index is 465. The summed E-state index contributed by atoms with van der Waals surface area (Å²) in [6.45, 7) is 5.94. The SMILES string of the molecule is CC(C)(C)OC(=O)CCN(C[C@@H]1CCCN1C(=O)O)C(=O)OCCl. The predicted octanol–water partition coefficient (Wildman–Crippen LogP) is 2.50. The first-order valence-electron chi connectivity index (χ1n) is 7.83. The number of carbonyl (C=O) groups excluding carboxylic acids is 2. The van der Waals surface area contributed by atoms with E-state index < -0.39 is 23.8 Å². The highest BCUT2D eigenvalue weighted by atomic mass is 35.5. The first kappa shape index (κ1) is 20.3. The van der Waals surface area contributed by atoms with Crippen molar-refractivity contribution in [2.75, 3.05) is 25.7 Å². The molecule has 1 aliphatic heterocycles. The number of likely N-dealkylation sites (tertiary alicyclic amines) is 1. The second kappa shape index (κ2) is 8.96. The number of rotatable bonds is 6. The Hall–Kier alpha value is -1.70. The molecule has 24 heavy (non-hydrogen) atoms. The van der Waals surface area contributed by atoms with Crippen molar-refractivity contribution in [3.05, 3.63) is 0 Å². The van der Waals surface area contributed by atoms with Crippen LogP contribution in [-0.4, -0.2) is 70.4 Å². The highest BCUT2D eigenvalue weighted by molar-refractivity contribution is 6.17. The number of carbonyl (C=O) groups is 3. The van der Waals surface area contributed by atoms with Gasteiger partial charge in [-0.15, -0.1) is 0 Å². The number of esters is 1. The molecule has 0 bridgehead atoms. The van der Waals surface area contributed by atoms with E-state index in [4.69, 9.17) is 21.1 Å². The Morgan fingerprint density at radius 1 is 1.33 bits per heavy atom. The molecular weight excluding hydrogens is 340 g/mol. The van der Waals surface area contributed by atoms with Gasteiger partial charge < -0.3 is 24.4 Å². The molecule has 1 fully saturated rings. The summed E-state index contributed by atoms with van der Waals surface area (Å²) in [4.78, 5) is 37.6.